The fourth-order valence-corrected chi connectivity index (χ4v) is 3.85. The third-order valence-corrected chi connectivity index (χ3v) is 5.54. The summed E-state index contributed by atoms with van der Waals surface area (Å²) >= 11 is 6.82. The number of carbonyl (C=O) groups is 1. The molecule has 1 aromatic heterocycles. The van der Waals surface area contributed by atoms with Crippen LogP contribution in [0.2, 0.25) is 0 Å². The molecule has 0 aliphatic carbocycles. The molecule has 0 spiro atoms. The number of carbonyl (C=O) groups excluding carboxylic acids is 1. The summed E-state index contributed by atoms with van der Waals surface area (Å²) in [6.45, 7) is 5.30. The molecule has 1 atom stereocenters. The Morgan fingerprint density at radius 3 is 2.72 bits per heavy atom. The molecule has 0 bridgehead atoms. The van der Waals surface area contributed by atoms with Crippen molar-refractivity contribution in [1.82, 2.24) is 9.66 Å². The second-order valence-electron chi connectivity index (χ2n) is 6.73. The van der Waals surface area contributed by atoms with E-state index in [-0.39, 0.29) is 12.2 Å². The number of aryl methyl sites for hydroxylation is 1. The van der Waals surface area contributed by atoms with Gasteiger partial charge in [-0.15, -0.1) is 0 Å². The van der Waals surface area contributed by atoms with Crippen molar-refractivity contribution in [2.24, 2.45) is 5.10 Å². The lowest BCUT2D eigenvalue weighted by Crippen LogP contribution is -2.26. The van der Waals surface area contributed by atoms with Gasteiger partial charge in [-0.2, -0.15) is 9.78 Å². The molecular weight excluding hydrogens is 546 g/mol. The van der Waals surface area contributed by atoms with Crippen molar-refractivity contribution in [1.29, 1.82) is 0 Å². The molecule has 10 heteroatoms. The summed E-state index contributed by atoms with van der Waals surface area (Å²) in [6, 6.07) is 8.75. The Hall–Kier alpha value is -2.72. The van der Waals surface area contributed by atoms with Crippen LogP contribution in [0.3, 0.4) is 0 Å². The van der Waals surface area contributed by atoms with Gasteiger partial charge >= 0.3 is 5.97 Å². The molecule has 32 heavy (non-hydrogen) atoms. The van der Waals surface area contributed by atoms with Crippen LogP contribution in [0, 0.1) is 6.92 Å². The highest BCUT2D eigenvalue weighted by Crippen LogP contribution is 2.37. The molecule has 0 unspecified atom stereocenters. The Kier molecular flexibility index (Phi) is 7.68. The molecule has 0 amide bonds. The minimum absolute atomic E-state index is 0.263. The fourth-order valence-electron chi connectivity index (χ4n) is 2.93. The Balaban J connectivity index is 1.95. The van der Waals surface area contributed by atoms with Gasteiger partial charge in [0.05, 0.1) is 35.3 Å². The average molecular weight is 567 g/mol. The third kappa shape index (κ3) is 5.18. The maximum absolute atomic E-state index is 12.9. The molecule has 0 saturated carbocycles. The van der Waals surface area contributed by atoms with Crippen LogP contribution in [-0.4, -0.2) is 41.7 Å². The van der Waals surface area contributed by atoms with Crippen molar-refractivity contribution >= 4 is 54.9 Å². The number of rotatable bonds is 7. The molecular formula is C22H21Br2N3O5. The molecule has 3 aromatic rings. The van der Waals surface area contributed by atoms with Crippen LogP contribution >= 0.6 is 31.9 Å². The smallest absolute Gasteiger partial charge is 0.347 e. The summed E-state index contributed by atoms with van der Waals surface area (Å²) in [4.78, 5) is 29.2. The predicted molar refractivity (Wildman–Crippen MR) is 129 cm³/mol. The van der Waals surface area contributed by atoms with Crippen molar-refractivity contribution < 1.29 is 19.0 Å². The van der Waals surface area contributed by atoms with Gasteiger partial charge in [-0.3, -0.25) is 4.79 Å². The Labute approximate surface area is 201 Å². The highest BCUT2D eigenvalue weighted by molar-refractivity contribution is 9.10. The van der Waals surface area contributed by atoms with Gasteiger partial charge in [-0.05, 0) is 72.6 Å². The van der Waals surface area contributed by atoms with Crippen LogP contribution in [0.15, 0.2) is 49.2 Å². The van der Waals surface area contributed by atoms with E-state index in [4.69, 9.17) is 14.2 Å². The van der Waals surface area contributed by atoms with Crippen molar-refractivity contribution in [3.8, 4) is 11.5 Å². The topological polar surface area (TPSA) is 92.0 Å². The minimum Gasteiger partial charge on any atom is -0.493 e. The number of ether oxygens (including phenoxy) is 3. The van der Waals surface area contributed by atoms with Crippen molar-refractivity contribution in [2.45, 2.75) is 26.9 Å². The van der Waals surface area contributed by atoms with E-state index >= 15 is 0 Å². The lowest BCUT2D eigenvalue weighted by atomic mass is 10.2. The maximum atomic E-state index is 12.9. The normalized spacial score (nSPS) is 12.2. The number of hydrogen-bond acceptors (Lipinski definition) is 7. The Morgan fingerprint density at radius 1 is 1.28 bits per heavy atom. The van der Waals surface area contributed by atoms with Crippen LogP contribution in [-0.2, 0) is 9.53 Å². The quantitative estimate of drug-likeness (QED) is 0.310. The molecule has 0 N–H and O–H groups in total. The Morgan fingerprint density at radius 2 is 2.03 bits per heavy atom. The number of methoxy groups -OCH3 is 1. The lowest BCUT2D eigenvalue weighted by molar-refractivity contribution is -0.150. The first kappa shape index (κ1) is 23.9. The summed E-state index contributed by atoms with van der Waals surface area (Å²) < 4.78 is 18.7. The minimum atomic E-state index is -0.816. The summed E-state index contributed by atoms with van der Waals surface area (Å²) in [5, 5.41) is 4.78. The van der Waals surface area contributed by atoms with E-state index in [1.165, 1.54) is 18.0 Å². The highest BCUT2D eigenvalue weighted by atomic mass is 79.9. The van der Waals surface area contributed by atoms with Gasteiger partial charge in [0.25, 0.3) is 5.56 Å². The van der Waals surface area contributed by atoms with Gasteiger partial charge in [0, 0.05) is 4.47 Å². The summed E-state index contributed by atoms with van der Waals surface area (Å²) in [5.41, 5.74) is 0.966. The van der Waals surface area contributed by atoms with Crippen molar-refractivity contribution in [2.75, 3.05) is 13.7 Å². The number of halogens is 2. The van der Waals surface area contributed by atoms with Gasteiger partial charge in [0.15, 0.2) is 17.6 Å². The zero-order valence-corrected chi connectivity index (χ0v) is 21.1. The summed E-state index contributed by atoms with van der Waals surface area (Å²) in [5.74, 6) is 0.727. The number of hydrogen-bond donors (Lipinski definition) is 0. The van der Waals surface area contributed by atoms with Gasteiger partial charge in [-0.25, -0.2) is 9.78 Å². The van der Waals surface area contributed by atoms with Crippen LogP contribution in [0.5, 0.6) is 11.5 Å². The van der Waals surface area contributed by atoms with E-state index in [1.54, 1.807) is 45.0 Å². The molecule has 0 aliphatic rings. The van der Waals surface area contributed by atoms with E-state index in [2.05, 4.69) is 41.9 Å². The SMILES string of the molecule is CCOC(=O)[C@H](C)Oc1c(Br)cc(C=Nn2c(C)nc3ccc(Br)cc3c2=O)cc1OC. The zero-order chi connectivity index (χ0) is 23.4. The zero-order valence-electron chi connectivity index (χ0n) is 17.9. The predicted octanol–water partition coefficient (Wildman–Crippen LogP) is 4.45. The molecule has 0 fully saturated rings. The standard InChI is InChI=1S/C22H21Br2N3O5/c1-5-31-22(29)12(2)32-20-17(24)8-14(9-19(20)30-4)11-25-27-13(3)26-18-7-6-15(23)10-16(18)21(27)28/h6-12H,5H2,1-4H3/t12-/m0/s1. The molecule has 2 aromatic carbocycles. The second-order valence-corrected chi connectivity index (χ2v) is 8.50. The number of esters is 1. The maximum Gasteiger partial charge on any atom is 0.347 e. The highest BCUT2D eigenvalue weighted by Gasteiger charge is 2.20. The van der Waals surface area contributed by atoms with E-state index in [1.807, 2.05) is 6.07 Å². The first-order valence-electron chi connectivity index (χ1n) is 9.69. The van der Waals surface area contributed by atoms with Crippen molar-refractivity contribution in [3.63, 3.8) is 0 Å². The average Bonchev–Trinajstić information content (AvgIpc) is 2.75. The molecule has 3 rings (SSSR count). The van der Waals surface area contributed by atoms with Crippen LogP contribution < -0.4 is 15.0 Å². The van der Waals surface area contributed by atoms with E-state index < -0.39 is 12.1 Å². The number of aromatic nitrogens is 2. The molecule has 0 saturated heterocycles. The molecule has 8 nitrogen and oxygen atoms in total. The van der Waals surface area contributed by atoms with E-state index in [9.17, 15) is 9.59 Å². The number of benzene rings is 2. The second kappa shape index (κ2) is 10.3. The lowest BCUT2D eigenvalue weighted by Gasteiger charge is -2.17. The van der Waals surface area contributed by atoms with E-state index in [0.29, 0.717) is 38.3 Å². The largest absolute Gasteiger partial charge is 0.493 e. The van der Waals surface area contributed by atoms with E-state index in [0.717, 1.165) is 4.47 Å². The third-order valence-electron chi connectivity index (χ3n) is 4.46. The Bertz CT molecular complexity index is 1260. The monoisotopic (exact) mass is 565 g/mol. The molecule has 0 radical (unpaired) electrons. The molecule has 1 heterocycles. The molecule has 0 aliphatic heterocycles. The number of nitrogens with zero attached hydrogens (tertiary/aromatic N) is 3. The summed E-state index contributed by atoms with van der Waals surface area (Å²) in [7, 11) is 1.49. The van der Waals surface area contributed by atoms with Crippen LogP contribution in [0.25, 0.3) is 10.9 Å². The van der Waals surface area contributed by atoms with Gasteiger partial charge in [0.2, 0.25) is 0 Å². The van der Waals surface area contributed by atoms with Crippen molar-refractivity contribution in [3.05, 3.63) is 61.0 Å². The van der Waals surface area contributed by atoms with Gasteiger partial charge < -0.3 is 14.2 Å². The first-order chi connectivity index (χ1) is 15.2. The van der Waals surface area contributed by atoms with Gasteiger partial charge in [-0.1, -0.05) is 15.9 Å². The van der Waals surface area contributed by atoms with Gasteiger partial charge in [0.1, 0.15) is 5.82 Å². The first-order valence-corrected chi connectivity index (χ1v) is 11.3. The van der Waals surface area contributed by atoms with Crippen LogP contribution in [0.1, 0.15) is 25.2 Å². The van der Waals surface area contributed by atoms with Crippen LogP contribution in [0.4, 0.5) is 0 Å². The fraction of sp³-hybridized carbons (Fsp3) is 0.273. The number of fused-ring (bicyclic) bond motifs is 1. The molecule has 168 valence electrons. The summed E-state index contributed by atoms with van der Waals surface area (Å²) in [6.07, 6.45) is 0.704.